The number of rotatable bonds is 10. The molecule has 1 aliphatic rings. The van der Waals surface area contributed by atoms with Crippen molar-refractivity contribution in [2.45, 2.75) is 64.0 Å². The highest BCUT2D eigenvalue weighted by atomic mass is 19.1. The van der Waals surface area contributed by atoms with Crippen molar-refractivity contribution in [3.05, 3.63) is 89.9 Å². The van der Waals surface area contributed by atoms with E-state index >= 15 is 0 Å². The van der Waals surface area contributed by atoms with Crippen molar-refractivity contribution in [3.8, 4) is 0 Å². The normalized spacial score (nSPS) is 14.1. The van der Waals surface area contributed by atoms with Gasteiger partial charge in [0.2, 0.25) is 17.7 Å². The number of carbonyl (C=O) groups is 3. The molecular weight excluding hydrogens is 483 g/mol. The highest BCUT2D eigenvalue weighted by Crippen LogP contribution is 2.32. The highest BCUT2D eigenvalue weighted by Gasteiger charge is 2.34. The molecule has 2 aromatic carbocycles. The van der Waals surface area contributed by atoms with Gasteiger partial charge >= 0.3 is 0 Å². The molecule has 0 bridgehead atoms. The third-order valence-corrected chi connectivity index (χ3v) is 6.76. The number of hydrogen-bond donors (Lipinski definition) is 2. The summed E-state index contributed by atoms with van der Waals surface area (Å²) in [5, 5.41) is 5.84. The zero-order valence-electron chi connectivity index (χ0n) is 21.5. The van der Waals surface area contributed by atoms with E-state index in [4.69, 9.17) is 0 Å². The Morgan fingerprint density at radius 3 is 2.37 bits per heavy atom. The molecule has 1 fully saturated rings. The van der Waals surface area contributed by atoms with Crippen LogP contribution in [0.3, 0.4) is 0 Å². The fourth-order valence-electron chi connectivity index (χ4n) is 4.83. The van der Waals surface area contributed by atoms with Crippen molar-refractivity contribution in [1.82, 2.24) is 10.3 Å². The summed E-state index contributed by atoms with van der Waals surface area (Å²) in [7, 11) is 0. The summed E-state index contributed by atoms with van der Waals surface area (Å²) in [5.74, 6) is -0.802. The maximum Gasteiger partial charge on any atom is 0.248 e. The lowest BCUT2D eigenvalue weighted by molar-refractivity contribution is -0.127. The average Bonchev–Trinajstić information content (AvgIpc) is 3.42. The maximum atomic E-state index is 13.8. The smallest absolute Gasteiger partial charge is 0.248 e. The van der Waals surface area contributed by atoms with Crippen LogP contribution in [0, 0.1) is 12.7 Å². The molecule has 2 N–H and O–H groups in total. The number of anilines is 2. The van der Waals surface area contributed by atoms with E-state index in [-0.39, 0.29) is 36.6 Å². The first kappa shape index (κ1) is 27.0. The topological polar surface area (TPSA) is 91.4 Å². The summed E-state index contributed by atoms with van der Waals surface area (Å²) in [6.45, 7) is 1.88. The Morgan fingerprint density at radius 2 is 1.68 bits per heavy atom. The number of amides is 3. The Labute approximate surface area is 222 Å². The molecule has 38 heavy (non-hydrogen) atoms. The molecule has 4 rings (SSSR count). The molecule has 1 saturated carbocycles. The zero-order chi connectivity index (χ0) is 26.9. The summed E-state index contributed by atoms with van der Waals surface area (Å²) in [4.78, 5) is 45.5. The molecule has 3 amide bonds. The SMILES string of the molecule is Cc1ccccc1N(C(=O)CCCC(=O)Nc1ccccn1)[C@@H](C(=O)NC1CCCC1)c1ccc(F)cc1. The fourth-order valence-corrected chi connectivity index (χ4v) is 4.83. The Kier molecular flexibility index (Phi) is 9.19. The van der Waals surface area contributed by atoms with E-state index in [1.165, 1.54) is 17.0 Å². The minimum Gasteiger partial charge on any atom is -0.351 e. The molecule has 8 heteroatoms. The predicted molar refractivity (Wildman–Crippen MR) is 145 cm³/mol. The summed E-state index contributed by atoms with van der Waals surface area (Å²) in [5.41, 5.74) is 1.95. The molecule has 0 saturated heterocycles. The van der Waals surface area contributed by atoms with Gasteiger partial charge in [-0.1, -0.05) is 49.2 Å². The summed E-state index contributed by atoms with van der Waals surface area (Å²) >= 11 is 0. The van der Waals surface area contributed by atoms with E-state index in [0.29, 0.717) is 23.5 Å². The van der Waals surface area contributed by atoms with Crippen LogP contribution in [0.25, 0.3) is 0 Å². The monoisotopic (exact) mass is 516 g/mol. The van der Waals surface area contributed by atoms with Gasteiger partial charge in [-0.15, -0.1) is 0 Å². The first-order valence-corrected chi connectivity index (χ1v) is 13.1. The first-order valence-electron chi connectivity index (χ1n) is 13.1. The molecule has 3 aromatic rings. The van der Waals surface area contributed by atoms with Crippen molar-refractivity contribution in [1.29, 1.82) is 0 Å². The van der Waals surface area contributed by atoms with E-state index in [9.17, 15) is 18.8 Å². The van der Waals surface area contributed by atoms with E-state index in [2.05, 4.69) is 15.6 Å². The Hall–Kier alpha value is -4.07. The zero-order valence-corrected chi connectivity index (χ0v) is 21.5. The van der Waals surface area contributed by atoms with Gasteiger partial charge in [0.25, 0.3) is 0 Å². The molecular formula is C30H33FN4O3. The van der Waals surface area contributed by atoms with Gasteiger partial charge in [0.05, 0.1) is 0 Å². The molecule has 7 nitrogen and oxygen atoms in total. The van der Waals surface area contributed by atoms with Gasteiger partial charge in [0.15, 0.2) is 0 Å². The third-order valence-electron chi connectivity index (χ3n) is 6.76. The van der Waals surface area contributed by atoms with Crippen LogP contribution in [-0.2, 0) is 14.4 Å². The fraction of sp³-hybridized carbons (Fsp3) is 0.333. The van der Waals surface area contributed by atoms with Crippen LogP contribution in [0.4, 0.5) is 15.9 Å². The number of nitrogens with one attached hydrogen (secondary N) is 2. The van der Waals surface area contributed by atoms with Crippen molar-refractivity contribution < 1.29 is 18.8 Å². The van der Waals surface area contributed by atoms with Gasteiger partial charge in [-0.2, -0.15) is 0 Å². The number of aromatic nitrogens is 1. The average molecular weight is 517 g/mol. The Bertz CT molecular complexity index is 1240. The van der Waals surface area contributed by atoms with E-state index in [1.807, 2.05) is 25.1 Å². The number of para-hydroxylation sites is 1. The largest absolute Gasteiger partial charge is 0.351 e. The predicted octanol–water partition coefficient (Wildman–Crippen LogP) is 5.47. The van der Waals surface area contributed by atoms with Gasteiger partial charge in [-0.05, 0) is 67.6 Å². The lowest BCUT2D eigenvalue weighted by Crippen LogP contribution is -2.46. The Morgan fingerprint density at radius 1 is 0.974 bits per heavy atom. The number of aryl methyl sites for hydroxylation is 1. The number of halogens is 1. The lowest BCUT2D eigenvalue weighted by atomic mass is 10.00. The molecule has 1 aromatic heterocycles. The third kappa shape index (κ3) is 7.03. The molecule has 0 unspecified atom stereocenters. The second-order valence-corrected chi connectivity index (χ2v) is 9.61. The highest BCUT2D eigenvalue weighted by molar-refractivity contribution is 6.02. The molecule has 0 aliphatic heterocycles. The first-order chi connectivity index (χ1) is 18.4. The minimum atomic E-state index is -0.979. The van der Waals surface area contributed by atoms with Crippen molar-refractivity contribution in [2.24, 2.45) is 0 Å². The lowest BCUT2D eigenvalue weighted by Gasteiger charge is -2.33. The van der Waals surface area contributed by atoms with Gasteiger partial charge < -0.3 is 10.6 Å². The quantitative estimate of drug-likeness (QED) is 0.374. The van der Waals surface area contributed by atoms with Crippen molar-refractivity contribution in [2.75, 3.05) is 10.2 Å². The standard InChI is InChI=1S/C30H33FN4O3/c1-21-9-2-5-12-25(21)35(28(37)15-8-14-27(36)34-26-13-6-7-20-32-26)29(22-16-18-23(31)19-17-22)30(38)33-24-10-3-4-11-24/h2,5-7,9,12-13,16-20,24,29H,3-4,8,10-11,14-15H2,1H3,(H,33,38)(H,32,34,36)/t29-/m1/s1. The maximum absolute atomic E-state index is 13.8. The van der Waals surface area contributed by atoms with Crippen LogP contribution in [0.1, 0.15) is 62.1 Å². The number of carbonyl (C=O) groups excluding carboxylic acids is 3. The van der Waals surface area contributed by atoms with Gasteiger partial charge in [0, 0.05) is 30.8 Å². The van der Waals surface area contributed by atoms with Crippen molar-refractivity contribution in [3.63, 3.8) is 0 Å². The minimum absolute atomic E-state index is 0.0505. The molecule has 1 aliphatic carbocycles. The van der Waals surface area contributed by atoms with Crippen LogP contribution >= 0.6 is 0 Å². The van der Waals surface area contributed by atoms with Crippen LogP contribution in [0.15, 0.2) is 72.9 Å². The molecule has 1 heterocycles. The van der Waals surface area contributed by atoms with Crippen molar-refractivity contribution >= 4 is 29.2 Å². The summed E-state index contributed by atoms with van der Waals surface area (Å²) < 4.78 is 13.8. The number of nitrogens with zero attached hydrogens (tertiary/aromatic N) is 2. The van der Waals surface area contributed by atoms with Crippen LogP contribution < -0.4 is 15.5 Å². The Balaban J connectivity index is 1.58. The molecule has 1 atom stereocenters. The summed E-state index contributed by atoms with van der Waals surface area (Å²) in [6, 6.07) is 17.4. The van der Waals surface area contributed by atoms with E-state index < -0.39 is 11.9 Å². The number of benzene rings is 2. The van der Waals surface area contributed by atoms with Gasteiger partial charge in [0.1, 0.15) is 17.7 Å². The number of pyridine rings is 1. The van der Waals surface area contributed by atoms with E-state index in [1.54, 1.807) is 42.6 Å². The van der Waals surface area contributed by atoms with Gasteiger partial charge in [-0.25, -0.2) is 9.37 Å². The molecule has 0 spiro atoms. The van der Waals surface area contributed by atoms with Gasteiger partial charge in [-0.3, -0.25) is 19.3 Å². The van der Waals surface area contributed by atoms with Crippen LogP contribution in [0.5, 0.6) is 0 Å². The van der Waals surface area contributed by atoms with Crippen LogP contribution in [-0.4, -0.2) is 28.7 Å². The van der Waals surface area contributed by atoms with Crippen LogP contribution in [0.2, 0.25) is 0 Å². The van der Waals surface area contributed by atoms with E-state index in [0.717, 1.165) is 31.2 Å². The second kappa shape index (κ2) is 12.9. The number of hydrogen-bond acceptors (Lipinski definition) is 4. The molecule has 0 radical (unpaired) electrons. The molecule has 198 valence electrons. The summed E-state index contributed by atoms with van der Waals surface area (Å²) in [6.07, 6.45) is 5.95. The second-order valence-electron chi connectivity index (χ2n) is 9.61.